The predicted molar refractivity (Wildman–Crippen MR) is 62.6 cm³/mol. The molecule has 0 aliphatic rings. The van der Waals surface area contributed by atoms with E-state index in [0.717, 1.165) is 12.1 Å². The summed E-state index contributed by atoms with van der Waals surface area (Å²) in [6, 6.07) is 1.31. The molecular weight excluding hydrogens is 236 g/mol. The molecule has 0 saturated heterocycles. The van der Waals surface area contributed by atoms with Gasteiger partial charge in [0.05, 0.1) is 18.3 Å². The van der Waals surface area contributed by atoms with E-state index in [2.05, 4.69) is 15.3 Å². The zero-order valence-electron chi connectivity index (χ0n) is 10.4. The average Bonchev–Trinajstić information content (AvgIpc) is 2.97. The summed E-state index contributed by atoms with van der Waals surface area (Å²) in [5.41, 5.74) is 6.63. The van der Waals surface area contributed by atoms with E-state index in [-0.39, 0.29) is 5.89 Å². The molecule has 2 rings (SSSR count). The van der Waals surface area contributed by atoms with Gasteiger partial charge in [-0.15, -0.1) is 0 Å². The SMILES string of the molecule is CCCOCC(N)c1noc(-c2cc(C)no2)n1. The van der Waals surface area contributed by atoms with Gasteiger partial charge >= 0.3 is 0 Å². The van der Waals surface area contributed by atoms with Crippen LogP contribution in [0, 0.1) is 6.92 Å². The van der Waals surface area contributed by atoms with E-state index in [1.807, 2.05) is 13.8 Å². The van der Waals surface area contributed by atoms with Gasteiger partial charge in [0.25, 0.3) is 5.89 Å². The second-order valence-corrected chi connectivity index (χ2v) is 3.97. The van der Waals surface area contributed by atoms with E-state index < -0.39 is 6.04 Å². The maximum atomic E-state index is 5.88. The summed E-state index contributed by atoms with van der Waals surface area (Å²) >= 11 is 0. The molecule has 7 nitrogen and oxygen atoms in total. The highest BCUT2D eigenvalue weighted by Crippen LogP contribution is 2.19. The second kappa shape index (κ2) is 5.74. The molecule has 0 fully saturated rings. The van der Waals surface area contributed by atoms with Crippen LogP contribution in [0.2, 0.25) is 0 Å². The van der Waals surface area contributed by atoms with Crippen molar-refractivity contribution in [3.8, 4) is 11.7 Å². The van der Waals surface area contributed by atoms with E-state index >= 15 is 0 Å². The normalized spacial score (nSPS) is 12.8. The minimum Gasteiger partial charge on any atom is -0.379 e. The van der Waals surface area contributed by atoms with Gasteiger partial charge in [0.2, 0.25) is 5.76 Å². The van der Waals surface area contributed by atoms with Crippen molar-refractivity contribution >= 4 is 0 Å². The lowest BCUT2D eigenvalue weighted by molar-refractivity contribution is 0.119. The van der Waals surface area contributed by atoms with Gasteiger partial charge in [0.1, 0.15) is 0 Å². The zero-order valence-corrected chi connectivity index (χ0v) is 10.4. The van der Waals surface area contributed by atoms with E-state index in [1.165, 1.54) is 0 Å². The molecule has 0 aromatic carbocycles. The lowest BCUT2D eigenvalue weighted by Gasteiger charge is -2.06. The third-order valence-corrected chi connectivity index (χ3v) is 2.26. The smallest absolute Gasteiger partial charge is 0.296 e. The van der Waals surface area contributed by atoms with Gasteiger partial charge in [-0.3, -0.25) is 0 Å². The maximum absolute atomic E-state index is 5.88. The fourth-order valence-corrected chi connectivity index (χ4v) is 1.38. The quantitative estimate of drug-likeness (QED) is 0.776. The third kappa shape index (κ3) is 2.93. The number of nitrogens with two attached hydrogens (primary N) is 1. The first kappa shape index (κ1) is 12.7. The van der Waals surface area contributed by atoms with Crippen molar-refractivity contribution in [2.45, 2.75) is 26.3 Å². The van der Waals surface area contributed by atoms with Crippen LogP contribution in [0.3, 0.4) is 0 Å². The summed E-state index contributed by atoms with van der Waals surface area (Å²) in [5, 5.41) is 7.55. The fourth-order valence-electron chi connectivity index (χ4n) is 1.38. The summed E-state index contributed by atoms with van der Waals surface area (Å²) in [5.74, 6) is 1.11. The predicted octanol–water partition coefficient (Wildman–Crippen LogP) is 1.46. The molecule has 1 atom stereocenters. The van der Waals surface area contributed by atoms with Crippen LogP contribution in [0.4, 0.5) is 0 Å². The van der Waals surface area contributed by atoms with Gasteiger partial charge in [-0.1, -0.05) is 17.2 Å². The summed E-state index contributed by atoms with van der Waals surface area (Å²) in [4.78, 5) is 4.16. The molecule has 0 bridgehead atoms. The van der Waals surface area contributed by atoms with Crippen LogP contribution < -0.4 is 5.73 Å². The molecule has 0 aliphatic carbocycles. The largest absolute Gasteiger partial charge is 0.379 e. The Kier molecular flexibility index (Phi) is 4.06. The third-order valence-electron chi connectivity index (χ3n) is 2.26. The highest BCUT2D eigenvalue weighted by molar-refractivity contribution is 5.43. The number of ether oxygens (including phenoxy) is 1. The van der Waals surface area contributed by atoms with Crippen molar-refractivity contribution in [2.75, 3.05) is 13.2 Å². The highest BCUT2D eigenvalue weighted by atomic mass is 16.5. The van der Waals surface area contributed by atoms with E-state index in [0.29, 0.717) is 24.8 Å². The molecule has 0 amide bonds. The minimum absolute atomic E-state index is 0.275. The monoisotopic (exact) mass is 252 g/mol. The Bertz CT molecular complexity index is 494. The van der Waals surface area contributed by atoms with Crippen molar-refractivity contribution in [1.29, 1.82) is 0 Å². The van der Waals surface area contributed by atoms with Crippen molar-refractivity contribution in [2.24, 2.45) is 5.73 Å². The lowest BCUT2D eigenvalue weighted by atomic mass is 10.3. The van der Waals surface area contributed by atoms with Gasteiger partial charge in [-0.25, -0.2) is 0 Å². The van der Waals surface area contributed by atoms with Crippen LogP contribution in [0.15, 0.2) is 15.1 Å². The minimum atomic E-state index is -0.405. The topological polar surface area (TPSA) is 100 Å². The number of aryl methyl sites for hydroxylation is 1. The van der Waals surface area contributed by atoms with Gasteiger partial charge in [-0.2, -0.15) is 4.98 Å². The molecule has 1 unspecified atom stereocenters. The van der Waals surface area contributed by atoms with Gasteiger partial charge in [0, 0.05) is 12.7 Å². The van der Waals surface area contributed by atoms with Crippen LogP contribution in [-0.2, 0) is 4.74 Å². The molecule has 18 heavy (non-hydrogen) atoms. The van der Waals surface area contributed by atoms with E-state index in [1.54, 1.807) is 6.07 Å². The van der Waals surface area contributed by atoms with Gasteiger partial charge in [0.15, 0.2) is 5.82 Å². The summed E-state index contributed by atoms with van der Waals surface area (Å²) in [6.45, 7) is 4.88. The molecular formula is C11H16N4O3. The van der Waals surface area contributed by atoms with Crippen LogP contribution in [0.25, 0.3) is 11.7 Å². The summed E-state index contributed by atoms with van der Waals surface area (Å²) in [6.07, 6.45) is 0.946. The Morgan fingerprint density at radius 1 is 1.39 bits per heavy atom. The number of hydrogen-bond acceptors (Lipinski definition) is 7. The molecule has 2 aromatic rings. The average molecular weight is 252 g/mol. The van der Waals surface area contributed by atoms with Crippen LogP contribution in [0.5, 0.6) is 0 Å². The zero-order chi connectivity index (χ0) is 13.0. The first-order chi connectivity index (χ1) is 8.70. The molecule has 2 aromatic heterocycles. The van der Waals surface area contributed by atoms with Crippen LogP contribution in [-0.4, -0.2) is 28.5 Å². The summed E-state index contributed by atoms with van der Waals surface area (Å²) in [7, 11) is 0. The number of hydrogen-bond donors (Lipinski definition) is 1. The Labute approximate surface area is 104 Å². The Hall–Kier alpha value is -1.73. The lowest BCUT2D eigenvalue weighted by Crippen LogP contribution is -2.18. The molecule has 2 heterocycles. The first-order valence-corrected chi connectivity index (χ1v) is 5.81. The van der Waals surface area contributed by atoms with Crippen molar-refractivity contribution in [1.82, 2.24) is 15.3 Å². The molecule has 0 aliphatic heterocycles. The van der Waals surface area contributed by atoms with Gasteiger partial charge < -0.3 is 19.5 Å². The molecule has 2 N–H and O–H groups in total. The van der Waals surface area contributed by atoms with Crippen LogP contribution in [0.1, 0.15) is 30.9 Å². The van der Waals surface area contributed by atoms with Crippen LogP contribution >= 0.6 is 0 Å². The maximum Gasteiger partial charge on any atom is 0.296 e. The Balaban J connectivity index is 2.01. The molecule has 0 saturated carbocycles. The molecule has 98 valence electrons. The van der Waals surface area contributed by atoms with E-state index in [4.69, 9.17) is 19.5 Å². The number of nitrogens with zero attached hydrogens (tertiary/aromatic N) is 3. The summed E-state index contributed by atoms with van der Waals surface area (Å²) < 4.78 is 15.4. The van der Waals surface area contributed by atoms with E-state index in [9.17, 15) is 0 Å². The number of aromatic nitrogens is 3. The van der Waals surface area contributed by atoms with Gasteiger partial charge in [-0.05, 0) is 13.3 Å². The highest BCUT2D eigenvalue weighted by Gasteiger charge is 2.17. The number of rotatable bonds is 6. The Morgan fingerprint density at radius 3 is 2.89 bits per heavy atom. The first-order valence-electron chi connectivity index (χ1n) is 5.81. The van der Waals surface area contributed by atoms with Crippen molar-refractivity contribution in [3.05, 3.63) is 17.6 Å². The molecule has 0 radical (unpaired) electrons. The molecule has 7 heteroatoms. The fraction of sp³-hybridized carbons (Fsp3) is 0.545. The standard InChI is InChI=1S/C11H16N4O3/c1-3-4-16-6-8(12)10-13-11(18-15-10)9-5-7(2)14-17-9/h5,8H,3-4,6,12H2,1-2H3. The second-order valence-electron chi connectivity index (χ2n) is 3.97. The molecule has 0 spiro atoms. The van der Waals surface area contributed by atoms with Crippen molar-refractivity contribution < 1.29 is 13.8 Å². The van der Waals surface area contributed by atoms with Crippen molar-refractivity contribution in [3.63, 3.8) is 0 Å². The Morgan fingerprint density at radius 2 is 2.22 bits per heavy atom.